The normalized spacial score (nSPS) is 14.5. The highest BCUT2D eigenvalue weighted by atomic mass is 79.9. The van der Waals surface area contributed by atoms with Gasteiger partial charge in [-0.3, -0.25) is 4.98 Å². The van der Waals surface area contributed by atoms with Crippen molar-refractivity contribution in [3.05, 3.63) is 34.2 Å². The molecule has 0 spiro atoms. The van der Waals surface area contributed by atoms with Crippen LogP contribution in [0.25, 0.3) is 11.4 Å². The second kappa shape index (κ2) is 4.89. The highest BCUT2D eigenvalue weighted by Gasteiger charge is 2.29. The smallest absolute Gasteiger partial charge is 0.163 e. The largest absolute Gasteiger partial charge is 0.372 e. The average molecular weight is 319 g/mol. The Kier molecular flexibility index (Phi) is 3.22. The molecule has 5 heteroatoms. The first-order valence-electron chi connectivity index (χ1n) is 6.37. The van der Waals surface area contributed by atoms with Crippen LogP contribution in [0.3, 0.4) is 0 Å². The molecule has 0 radical (unpaired) electrons. The zero-order chi connectivity index (χ0) is 13.4. The second-order valence-electron chi connectivity index (χ2n) is 4.81. The van der Waals surface area contributed by atoms with Crippen LogP contribution in [0.2, 0.25) is 0 Å². The van der Waals surface area contributed by atoms with Gasteiger partial charge >= 0.3 is 0 Å². The molecule has 0 aromatic carbocycles. The lowest BCUT2D eigenvalue weighted by atomic mass is 10.2. The highest BCUT2D eigenvalue weighted by molar-refractivity contribution is 9.10. The number of halogens is 1. The molecular formula is C14H15BrN4. The third-order valence-electron chi connectivity index (χ3n) is 3.25. The van der Waals surface area contributed by atoms with Gasteiger partial charge in [-0.1, -0.05) is 0 Å². The zero-order valence-corrected chi connectivity index (χ0v) is 12.5. The maximum atomic E-state index is 4.70. The number of anilines is 1. The Bertz CT molecular complexity index is 606. The molecule has 2 heterocycles. The van der Waals surface area contributed by atoms with Crippen molar-refractivity contribution in [3.63, 3.8) is 0 Å². The molecule has 0 bridgehead atoms. The Labute approximate surface area is 120 Å². The summed E-state index contributed by atoms with van der Waals surface area (Å²) in [5.41, 5.74) is 3.06. The van der Waals surface area contributed by atoms with Crippen molar-refractivity contribution in [2.24, 2.45) is 0 Å². The number of nitrogens with zero attached hydrogens (tertiary/aromatic N) is 3. The minimum absolute atomic E-state index is 0.571. The van der Waals surface area contributed by atoms with Crippen molar-refractivity contribution >= 4 is 21.7 Å². The topological polar surface area (TPSA) is 50.7 Å². The first kappa shape index (κ1) is 12.5. The number of hydrogen-bond acceptors (Lipinski definition) is 4. The first-order valence-corrected chi connectivity index (χ1v) is 7.16. The van der Waals surface area contributed by atoms with Gasteiger partial charge in [-0.05, 0) is 47.8 Å². The molecule has 98 valence electrons. The Balaban J connectivity index is 2.10. The predicted molar refractivity (Wildman–Crippen MR) is 79.2 cm³/mol. The predicted octanol–water partition coefficient (Wildman–Crippen LogP) is 3.53. The van der Waals surface area contributed by atoms with Gasteiger partial charge in [0.2, 0.25) is 0 Å². The SMILES string of the molecule is CNc1nc(-c2ccc(C)nc2)nc(C2CC2)c1Br. The Morgan fingerprint density at radius 3 is 2.63 bits per heavy atom. The summed E-state index contributed by atoms with van der Waals surface area (Å²) in [4.78, 5) is 13.6. The molecule has 3 rings (SSSR count). The Morgan fingerprint density at radius 2 is 2.05 bits per heavy atom. The van der Waals surface area contributed by atoms with Crippen LogP contribution in [-0.4, -0.2) is 22.0 Å². The molecule has 0 saturated heterocycles. The number of hydrogen-bond donors (Lipinski definition) is 1. The lowest BCUT2D eigenvalue weighted by Crippen LogP contribution is -2.02. The van der Waals surface area contributed by atoms with Crippen molar-refractivity contribution in [3.8, 4) is 11.4 Å². The van der Waals surface area contributed by atoms with E-state index in [2.05, 4.69) is 31.2 Å². The number of pyridine rings is 1. The maximum Gasteiger partial charge on any atom is 0.163 e. The quantitative estimate of drug-likeness (QED) is 0.940. The average Bonchev–Trinajstić information content (AvgIpc) is 3.24. The van der Waals surface area contributed by atoms with Gasteiger partial charge in [0.05, 0.1) is 10.2 Å². The van der Waals surface area contributed by atoms with Crippen molar-refractivity contribution in [2.75, 3.05) is 12.4 Å². The van der Waals surface area contributed by atoms with Gasteiger partial charge < -0.3 is 5.32 Å². The van der Waals surface area contributed by atoms with Gasteiger partial charge in [-0.25, -0.2) is 9.97 Å². The summed E-state index contributed by atoms with van der Waals surface area (Å²) in [5, 5.41) is 3.12. The Morgan fingerprint density at radius 1 is 1.26 bits per heavy atom. The monoisotopic (exact) mass is 318 g/mol. The fourth-order valence-electron chi connectivity index (χ4n) is 1.99. The summed E-state index contributed by atoms with van der Waals surface area (Å²) in [6.07, 6.45) is 4.25. The molecule has 4 nitrogen and oxygen atoms in total. The minimum Gasteiger partial charge on any atom is -0.372 e. The third-order valence-corrected chi connectivity index (χ3v) is 4.03. The molecule has 19 heavy (non-hydrogen) atoms. The van der Waals surface area contributed by atoms with E-state index in [9.17, 15) is 0 Å². The van der Waals surface area contributed by atoms with E-state index >= 15 is 0 Å². The van der Waals surface area contributed by atoms with Crippen molar-refractivity contribution < 1.29 is 0 Å². The van der Waals surface area contributed by atoms with E-state index in [1.54, 1.807) is 0 Å². The van der Waals surface area contributed by atoms with Gasteiger partial charge in [0, 0.05) is 30.4 Å². The number of aryl methyl sites for hydroxylation is 1. The van der Waals surface area contributed by atoms with Crippen LogP contribution < -0.4 is 5.32 Å². The number of nitrogens with one attached hydrogen (secondary N) is 1. The lowest BCUT2D eigenvalue weighted by molar-refractivity contribution is 0.978. The highest BCUT2D eigenvalue weighted by Crippen LogP contribution is 2.44. The van der Waals surface area contributed by atoms with Gasteiger partial charge in [-0.15, -0.1) is 0 Å². The van der Waals surface area contributed by atoms with Crippen molar-refractivity contribution in [1.82, 2.24) is 15.0 Å². The van der Waals surface area contributed by atoms with Crippen molar-refractivity contribution in [1.29, 1.82) is 0 Å². The van der Waals surface area contributed by atoms with Crippen LogP contribution in [0.15, 0.2) is 22.8 Å². The standard InChI is InChI=1S/C14H15BrN4/c1-8-3-4-10(7-17-8)13-18-12(9-5-6-9)11(15)14(16-2)19-13/h3-4,7,9H,5-6H2,1-2H3,(H,16,18,19). The summed E-state index contributed by atoms with van der Waals surface area (Å²) in [7, 11) is 1.88. The molecule has 2 aromatic heterocycles. The Hall–Kier alpha value is -1.49. The summed E-state index contributed by atoms with van der Waals surface area (Å²) >= 11 is 3.60. The molecule has 0 aliphatic heterocycles. The third kappa shape index (κ3) is 2.47. The van der Waals surface area contributed by atoms with E-state index in [0.29, 0.717) is 5.92 Å². The van der Waals surface area contributed by atoms with Gasteiger partial charge in [0.1, 0.15) is 5.82 Å². The van der Waals surface area contributed by atoms with Crippen molar-refractivity contribution in [2.45, 2.75) is 25.7 Å². The van der Waals surface area contributed by atoms with E-state index in [1.165, 1.54) is 12.8 Å². The van der Waals surface area contributed by atoms with Gasteiger partial charge in [0.25, 0.3) is 0 Å². The van der Waals surface area contributed by atoms with E-state index in [4.69, 9.17) is 4.98 Å². The molecular weight excluding hydrogens is 304 g/mol. The molecule has 1 aliphatic carbocycles. The molecule has 1 N–H and O–H groups in total. The molecule has 2 aromatic rings. The summed E-state index contributed by atoms with van der Waals surface area (Å²) in [6.45, 7) is 1.97. The summed E-state index contributed by atoms with van der Waals surface area (Å²) in [5.74, 6) is 2.15. The van der Waals surface area contributed by atoms with Gasteiger partial charge in [-0.2, -0.15) is 0 Å². The van der Waals surface area contributed by atoms with E-state index in [0.717, 1.165) is 33.1 Å². The summed E-state index contributed by atoms with van der Waals surface area (Å²) in [6, 6.07) is 4.00. The van der Waals surface area contributed by atoms with Crippen LogP contribution in [0.5, 0.6) is 0 Å². The summed E-state index contributed by atoms with van der Waals surface area (Å²) < 4.78 is 0.987. The molecule has 0 amide bonds. The van der Waals surface area contributed by atoms with Crippen LogP contribution >= 0.6 is 15.9 Å². The van der Waals surface area contributed by atoms with Crippen LogP contribution in [-0.2, 0) is 0 Å². The van der Waals surface area contributed by atoms with Crippen LogP contribution in [0.1, 0.15) is 30.1 Å². The fourth-order valence-corrected chi connectivity index (χ4v) is 2.69. The van der Waals surface area contributed by atoms with Crippen LogP contribution in [0.4, 0.5) is 5.82 Å². The first-order chi connectivity index (χ1) is 9.19. The van der Waals surface area contributed by atoms with E-state index in [1.807, 2.05) is 32.3 Å². The van der Waals surface area contributed by atoms with Gasteiger partial charge in [0.15, 0.2) is 5.82 Å². The number of aromatic nitrogens is 3. The number of rotatable bonds is 3. The maximum absolute atomic E-state index is 4.70. The minimum atomic E-state index is 0.571. The van der Waals surface area contributed by atoms with E-state index < -0.39 is 0 Å². The van der Waals surface area contributed by atoms with E-state index in [-0.39, 0.29) is 0 Å². The van der Waals surface area contributed by atoms with Crippen LogP contribution in [0, 0.1) is 6.92 Å². The molecule has 0 unspecified atom stereocenters. The second-order valence-corrected chi connectivity index (χ2v) is 5.60. The zero-order valence-electron chi connectivity index (χ0n) is 10.9. The fraction of sp³-hybridized carbons (Fsp3) is 0.357. The molecule has 1 aliphatic rings. The molecule has 0 atom stereocenters. The molecule has 1 fully saturated rings. The lowest BCUT2D eigenvalue weighted by Gasteiger charge is -2.10. The molecule has 1 saturated carbocycles.